The maximum absolute atomic E-state index is 12.6. The third-order valence-electron chi connectivity index (χ3n) is 4.90. The molecule has 1 aromatic carbocycles. The Morgan fingerprint density at radius 2 is 1.81 bits per heavy atom. The molecule has 1 aliphatic heterocycles. The van der Waals surface area contributed by atoms with Crippen LogP contribution < -0.4 is 4.72 Å². The van der Waals surface area contributed by atoms with Gasteiger partial charge in [0.15, 0.2) is 0 Å². The topological polar surface area (TPSA) is 104 Å². The lowest BCUT2D eigenvalue weighted by Gasteiger charge is -2.23. The molecule has 7 nitrogen and oxygen atoms in total. The van der Waals surface area contributed by atoms with Gasteiger partial charge in [-0.3, -0.25) is 9.59 Å². The van der Waals surface area contributed by atoms with Crippen LogP contribution in [0.1, 0.15) is 36.5 Å². The lowest BCUT2D eigenvalue weighted by atomic mass is 10.0. The number of carbonyl (C=O) groups is 2. The van der Waals surface area contributed by atoms with E-state index in [0.717, 1.165) is 5.56 Å². The summed E-state index contributed by atoms with van der Waals surface area (Å²) in [6, 6.07) is 3.24. The Hall–Kier alpha value is -1.93. The minimum absolute atomic E-state index is 0.000133. The Balaban J connectivity index is 1.99. The van der Waals surface area contributed by atoms with Gasteiger partial charge in [0.2, 0.25) is 15.9 Å². The zero-order chi connectivity index (χ0) is 19.6. The minimum atomic E-state index is -3.71. The highest BCUT2D eigenvalue weighted by Crippen LogP contribution is 2.25. The van der Waals surface area contributed by atoms with Crippen LogP contribution in [0.15, 0.2) is 17.0 Å². The standard InChI is InChI=1S/C18H26N2O5S/c1-11-9-12(2)17(13(3)10-11)26(24,25)19-7-5-16(21)20-8-6-15(14(20)4)18(22)23/h9-10,14-15,19H,5-8H2,1-4H3,(H,22,23). The van der Waals surface area contributed by atoms with Crippen LogP contribution in [0.3, 0.4) is 0 Å². The summed E-state index contributed by atoms with van der Waals surface area (Å²) in [5.41, 5.74) is 2.32. The van der Waals surface area contributed by atoms with Crippen LogP contribution in [0.2, 0.25) is 0 Å². The molecule has 1 aliphatic rings. The summed E-state index contributed by atoms with van der Waals surface area (Å²) < 4.78 is 27.6. The van der Waals surface area contributed by atoms with Gasteiger partial charge in [0, 0.05) is 25.6 Å². The van der Waals surface area contributed by atoms with Gasteiger partial charge in [0.25, 0.3) is 0 Å². The van der Waals surface area contributed by atoms with Crippen molar-refractivity contribution in [3.8, 4) is 0 Å². The minimum Gasteiger partial charge on any atom is -0.481 e. The Kier molecular flexibility index (Phi) is 6.08. The molecule has 0 spiro atoms. The van der Waals surface area contributed by atoms with Crippen molar-refractivity contribution in [1.29, 1.82) is 0 Å². The molecule has 1 heterocycles. The Morgan fingerprint density at radius 1 is 1.23 bits per heavy atom. The smallest absolute Gasteiger partial charge is 0.308 e. The fourth-order valence-electron chi connectivity index (χ4n) is 3.72. The first-order valence-corrected chi connectivity index (χ1v) is 10.1. The van der Waals surface area contributed by atoms with Crippen LogP contribution in [0.25, 0.3) is 0 Å². The molecule has 1 fully saturated rings. The van der Waals surface area contributed by atoms with Gasteiger partial charge >= 0.3 is 5.97 Å². The summed E-state index contributed by atoms with van der Waals surface area (Å²) in [5.74, 6) is -1.70. The highest BCUT2D eigenvalue weighted by Gasteiger charge is 2.37. The molecule has 0 aromatic heterocycles. The Morgan fingerprint density at radius 3 is 2.31 bits per heavy atom. The fourth-order valence-corrected chi connectivity index (χ4v) is 5.20. The van der Waals surface area contributed by atoms with Crippen molar-refractivity contribution in [3.63, 3.8) is 0 Å². The summed E-state index contributed by atoms with van der Waals surface area (Å²) in [6.07, 6.45) is 0.426. The maximum Gasteiger partial charge on any atom is 0.308 e. The Bertz CT molecular complexity index is 796. The number of likely N-dealkylation sites (tertiary alicyclic amines) is 1. The predicted molar refractivity (Wildman–Crippen MR) is 97.4 cm³/mol. The van der Waals surface area contributed by atoms with Crippen LogP contribution in [0.4, 0.5) is 0 Å². The first kappa shape index (κ1) is 20.4. The molecule has 0 radical (unpaired) electrons. The normalized spacial score (nSPS) is 20.4. The molecule has 1 aromatic rings. The zero-order valence-corrected chi connectivity index (χ0v) is 16.4. The highest BCUT2D eigenvalue weighted by atomic mass is 32.2. The van der Waals surface area contributed by atoms with Gasteiger partial charge in [-0.25, -0.2) is 13.1 Å². The van der Waals surface area contributed by atoms with Crippen molar-refractivity contribution in [2.24, 2.45) is 5.92 Å². The second-order valence-corrected chi connectivity index (χ2v) is 8.64. The molecule has 8 heteroatoms. The average molecular weight is 382 g/mol. The monoisotopic (exact) mass is 382 g/mol. The summed E-state index contributed by atoms with van der Waals surface area (Å²) in [4.78, 5) is 25.2. The van der Waals surface area contributed by atoms with Gasteiger partial charge in [-0.15, -0.1) is 0 Å². The van der Waals surface area contributed by atoms with Crippen LogP contribution in [0, 0.1) is 26.7 Å². The van der Waals surface area contributed by atoms with Crippen LogP contribution in [0.5, 0.6) is 0 Å². The number of aryl methyl sites for hydroxylation is 3. The predicted octanol–water partition coefficient (Wildman–Crippen LogP) is 1.60. The van der Waals surface area contributed by atoms with Crippen molar-refractivity contribution < 1.29 is 23.1 Å². The maximum atomic E-state index is 12.6. The summed E-state index contributed by atoms with van der Waals surface area (Å²) in [6.45, 7) is 7.49. The number of sulfonamides is 1. The molecule has 0 saturated carbocycles. The van der Waals surface area contributed by atoms with E-state index in [0.29, 0.717) is 24.1 Å². The number of carboxylic acid groups (broad SMARTS) is 1. The summed E-state index contributed by atoms with van der Waals surface area (Å²) in [5, 5.41) is 9.13. The summed E-state index contributed by atoms with van der Waals surface area (Å²) in [7, 11) is -3.71. The van der Waals surface area contributed by atoms with Crippen molar-refractivity contribution in [2.45, 2.75) is 51.5 Å². The van der Waals surface area contributed by atoms with E-state index < -0.39 is 21.9 Å². The second kappa shape index (κ2) is 7.75. The number of amides is 1. The molecule has 0 aliphatic carbocycles. The van der Waals surface area contributed by atoms with Crippen LogP contribution in [-0.2, 0) is 19.6 Å². The molecule has 1 saturated heterocycles. The van der Waals surface area contributed by atoms with Crippen molar-refractivity contribution >= 4 is 21.9 Å². The lowest BCUT2D eigenvalue weighted by molar-refractivity contribution is -0.143. The first-order chi connectivity index (χ1) is 12.0. The molecule has 0 bridgehead atoms. The molecular formula is C18H26N2O5S. The molecule has 2 atom stereocenters. The Labute approximate surface area is 154 Å². The fraction of sp³-hybridized carbons (Fsp3) is 0.556. The van der Waals surface area contributed by atoms with E-state index in [1.165, 1.54) is 4.90 Å². The number of carboxylic acids is 1. The average Bonchev–Trinajstić information content (AvgIpc) is 2.87. The van der Waals surface area contributed by atoms with Crippen molar-refractivity contribution in [3.05, 3.63) is 28.8 Å². The van der Waals surface area contributed by atoms with E-state index in [1.807, 2.05) is 19.1 Å². The van der Waals surface area contributed by atoms with Crippen molar-refractivity contribution in [1.82, 2.24) is 9.62 Å². The third kappa shape index (κ3) is 4.24. The third-order valence-corrected chi connectivity index (χ3v) is 6.66. The van der Waals surface area contributed by atoms with Gasteiger partial charge in [0.05, 0.1) is 10.8 Å². The largest absolute Gasteiger partial charge is 0.481 e. The van der Waals surface area contributed by atoms with Gasteiger partial charge in [0.1, 0.15) is 0 Å². The number of rotatable bonds is 6. The number of hydrogen-bond acceptors (Lipinski definition) is 4. The molecule has 26 heavy (non-hydrogen) atoms. The zero-order valence-electron chi connectivity index (χ0n) is 15.6. The SMILES string of the molecule is Cc1cc(C)c(S(=O)(=O)NCCC(=O)N2CCC(C(=O)O)C2C)c(C)c1. The molecule has 1 amide bonds. The van der Waals surface area contributed by atoms with Crippen LogP contribution in [-0.4, -0.2) is 49.4 Å². The number of benzene rings is 1. The quantitative estimate of drug-likeness (QED) is 0.778. The molecule has 2 unspecified atom stereocenters. The van der Waals surface area contributed by atoms with E-state index in [9.17, 15) is 18.0 Å². The molecule has 2 N–H and O–H groups in total. The van der Waals surface area contributed by atoms with Gasteiger partial charge in [-0.05, 0) is 45.2 Å². The number of nitrogens with one attached hydrogen (secondary N) is 1. The molecule has 2 rings (SSSR count). The summed E-state index contributed by atoms with van der Waals surface area (Å²) >= 11 is 0. The van der Waals surface area contributed by atoms with E-state index >= 15 is 0 Å². The van der Waals surface area contributed by atoms with Gasteiger partial charge in [-0.2, -0.15) is 0 Å². The van der Waals surface area contributed by atoms with E-state index in [-0.39, 0.29) is 29.8 Å². The molecule has 144 valence electrons. The van der Waals surface area contributed by atoms with Gasteiger partial charge in [-0.1, -0.05) is 17.7 Å². The molecular weight excluding hydrogens is 356 g/mol. The number of aliphatic carboxylic acids is 1. The van der Waals surface area contributed by atoms with Gasteiger partial charge < -0.3 is 10.0 Å². The lowest BCUT2D eigenvalue weighted by Crippen LogP contribution is -2.39. The van der Waals surface area contributed by atoms with E-state index in [2.05, 4.69) is 4.72 Å². The van der Waals surface area contributed by atoms with E-state index in [4.69, 9.17) is 5.11 Å². The van der Waals surface area contributed by atoms with Crippen molar-refractivity contribution in [2.75, 3.05) is 13.1 Å². The van der Waals surface area contributed by atoms with E-state index in [1.54, 1.807) is 20.8 Å². The van der Waals surface area contributed by atoms with Crippen LogP contribution >= 0.6 is 0 Å². The second-order valence-electron chi connectivity index (χ2n) is 6.94. The highest BCUT2D eigenvalue weighted by molar-refractivity contribution is 7.89. The number of nitrogens with zero attached hydrogens (tertiary/aromatic N) is 1. The number of hydrogen-bond donors (Lipinski definition) is 2. The first-order valence-electron chi connectivity index (χ1n) is 8.64. The number of carbonyl (C=O) groups excluding carboxylic acids is 1.